The Morgan fingerprint density at radius 1 is 1.38 bits per heavy atom. The van der Waals surface area contributed by atoms with Crippen LogP contribution in [0, 0.1) is 17.7 Å². The number of rotatable bonds is 3. The van der Waals surface area contributed by atoms with E-state index < -0.39 is 5.82 Å². The van der Waals surface area contributed by atoms with Crippen molar-refractivity contribution in [2.75, 3.05) is 0 Å². The van der Waals surface area contributed by atoms with E-state index in [-0.39, 0.29) is 17.5 Å². The minimum Gasteiger partial charge on any atom is -0.350 e. The summed E-state index contributed by atoms with van der Waals surface area (Å²) in [4.78, 5) is 12.0. The van der Waals surface area contributed by atoms with Crippen LogP contribution in [-0.2, 0) is 4.79 Å². The molecule has 0 radical (unpaired) electrons. The maximum absolute atomic E-state index is 13.6. The van der Waals surface area contributed by atoms with Gasteiger partial charge in [0.1, 0.15) is 5.82 Å². The molecule has 0 aliphatic heterocycles. The molecule has 0 spiro atoms. The lowest BCUT2D eigenvalue weighted by molar-refractivity contribution is -0.117. The minimum absolute atomic E-state index is 0.194. The van der Waals surface area contributed by atoms with Gasteiger partial charge in [-0.25, -0.2) is 4.39 Å². The highest BCUT2D eigenvalue weighted by molar-refractivity contribution is 6.32. The number of carbonyl (C=O) groups is 1. The number of hydrogen-bond acceptors (Lipinski definition) is 1. The zero-order valence-electron chi connectivity index (χ0n) is 12.4. The number of halogens is 2. The van der Waals surface area contributed by atoms with Crippen molar-refractivity contribution in [2.45, 2.75) is 39.2 Å². The topological polar surface area (TPSA) is 29.1 Å². The molecule has 1 N–H and O–H groups in total. The van der Waals surface area contributed by atoms with E-state index in [9.17, 15) is 9.18 Å². The van der Waals surface area contributed by atoms with Gasteiger partial charge < -0.3 is 5.32 Å². The second-order valence-electron chi connectivity index (χ2n) is 5.85. The molecule has 0 heterocycles. The summed E-state index contributed by atoms with van der Waals surface area (Å²) in [6.45, 7) is 4.39. The van der Waals surface area contributed by atoms with Crippen LogP contribution in [0.2, 0.25) is 5.02 Å². The van der Waals surface area contributed by atoms with E-state index in [0.29, 0.717) is 16.9 Å². The number of nitrogens with one attached hydrogen (secondary N) is 1. The smallest absolute Gasteiger partial charge is 0.244 e. The van der Waals surface area contributed by atoms with Crippen LogP contribution >= 0.6 is 11.6 Å². The van der Waals surface area contributed by atoms with Crippen LogP contribution in [0.1, 0.15) is 38.7 Å². The summed E-state index contributed by atoms with van der Waals surface area (Å²) < 4.78 is 13.6. The molecule has 4 heteroatoms. The fourth-order valence-electron chi connectivity index (χ4n) is 2.85. The molecule has 114 valence electrons. The summed E-state index contributed by atoms with van der Waals surface area (Å²) in [6, 6.07) is 4.67. The summed E-state index contributed by atoms with van der Waals surface area (Å²) in [7, 11) is 0. The highest BCUT2D eigenvalue weighted by atomic mass is 35.5. The number of amides is 1. The average molecular weight is 310 g/mol. The molecule has 1 fully saturated rings. The fourth-order valence-corrected chi connectivity index (χ4v) is 3.07. The van der Waals surface area contributed by atoms with Crippen LogP contribution in [0.25, 0.3) is 6.08 Å². The lowest BCUT2D eigenvalue weighted by Gasteiger charge is -2.34. The van der Waals surface area contributed by atoms with Crippen molar-refractivity contribution < 1.29 is 9.18 Å². The highest BCUT2D eigenvalue weighted by Crippen LogP contribution is 2.29. The molecule has 1 aliphatic carbocycles. The third-order valence-electron chi connectivity index (χ3n) is 4.44. The summed E-state index contributed by atoms with van der Waals surface area (Å²) in [5.41, 5.74) is 0.249. The van der Waals surface area contributed by atoms with Crippen LogP contribution in [0.5, 0.6) is 0 Å². The molecular weight excluding hydrogens is 289 g/mol. The Morgan fingerprint density at radius 2 is 2.14 bits per heavy atom. The molecule has 2 rings (SSSR count). The Hall–Kier alpha value is -1.35. The van der Waals surface area contributed by atoms with Crippen molar-refractivity contribution in [3.63, 3.8) is 0 Å². The van der Waals surface area contributed by atoms with Crippen LogP contribution in [0.15, 0.2) is 24.3 Å². The van der Waals surface area contributed by atoms with Crippen molar-refractivity contribution in [3.05, 3.63) is 40.7 Å². The van der Waals surface area contributed by atoms with Crippen LogP contribution in [0.4, 0.5) is 4.39 Å². The van der Waals surface area contributed by atoms with Crippen molar-refractivity contribution >= 4 is 23.6 Å². The van der Waals surface area contributed by atoms with Crippen molar-refractivity contribution in [1.82, 2.24) is 5.32 Å². The van der Waals surface area contributed by atoms with Crippen molar-refractivity contribution in [2.24, 2.45) is 11.8 Å². The Bertz CT molecular complexity index is 523. The Balaban J connectivity index is 2.00. The molecule has 1 aromatic carbocycles. The van der Waals surface area contributed by atoms with Gasteiger partial charge in [0.05, 0.1) is 5.02 Å². The summed E-state index contributed by atoms with van der Waals surface area (Å²) >= 11 is 5.92. The third kappa shape index (κ3) is 4.07. The zero-order chi connectivity index (χ0) is 15.4. The van der Waals surface area contributed by atoms with E-state index in [1.165, 1.54) is 24.6 Å². The summed E-state index contributed by atoms with van der Waals surface area (Å²) in [5.74, 6) is 0.466. The first kappa shape index (κ1) is 16.0. The van der Waals surface area contributed by atoms with Crippen LogP contribution in [-0.4, -0.2) is 11.9 Å². The molecule has 1 aromatic rings. The largest absolute Gasteiger partial charge is 0.350 e. The molecule has 1 saturated carbocycles. The van der Waals surface area contributed by atoms with Crippen LogP contribution < -0.4 is 5.32 Å². The van der Waals surface area contributed by atoms with Crippen molar-refractivity contribution in [3.8, 4) is 0 Å². The standard InChI is InChI=1S/C17H21ClFNO/c1-11-5-3-8-16(12(11)2)20-17(21)10-9-13-14(18)6-4-7-15(13)19/h4,6-7,9-12,16H,3,5,8H2,1-2H3,(H,20,21)/b10-9+/t11-,12-,16+/m1/s1. The Morgan fingerprint density at radius 3 is 2.86 bits per heavy atom. The maximum Gasteiger partial charge on any atom is 0.244 e. The van der Waals surface area contributed by atoms with E-state index >= 15 is 0 Å². The molecule has 1 amide bonds. The average Bonchev–Trinajstić information content (AvgIpc) is 2.43. The molecule has 21 heavy (non-hydrogen) atoms. The van der Waals surface area contributed by atoms with Gasteiger partial charge in [-0.3, -0.25) is 4.79 Å². The predicted octanol–water partition coefficient (Wildman–Crippen LogP) is 4.43. The molecular formula is C17H21ClFNO. The van der Waals surface area contributed by atoms with Gasteiger partial charge in [0.15, 0.2) is 0 Å². The monoisotopic (exact) mass is 309 g/mol. The first-order valence-corrected chi connectivity index (χ1v) is 7.79. The summed E-state index contributed by atoms with van der Waals surface area (Å²) in [5, 5.41) is 3.32. The number of benzene rings is 1. The van der Waals surface area contributed by atoms with Gasteiger partial charge >= 0.3 is 0 Å². The maximum atomic E-state index is 13.6. The van der Waals surface area contributed by atoms with Gasteiger partial charge in [-0.2, -0.15) is 0 Å². The quantitative estimate of drug-likeness (QED) is 0.822. The first-order chi connectivity index (χ1) is 9.99. The van der Waals surface area contributed by atoms with Gasteiger partial charge in [-0.15, -0.1) is 0 Å². The molecule has 0 unspecified atom stereocenters. The highest BCUT2D eigenvalue weighted by Gasteiger charge is 2.27. The Labute approximate surface area is 130 Å². The number of hydrogen-bond donors (Lipinski definition) is 1. The predicted molar refractivity (Wildman–Crippen MR) is 84.6 cm³/mol. The lowest BCUT2D eigenvalue weighted by atomic mass is 9.78. The van der Waals surface area contributed by atoms with E-state index in [1.54, 1.807) is 12.1 Å². The van der Waals surface area contributed by atoms with Gasteiger partial charge in [-0.05, 0) is 36.5 Å². The van der Waals surface area contributed by atoms with Gasteiger partial charge in [0, 0.05) is 17.7 Å². The second kappa shape index (κ2) is 7.08. The molecule has 1 aliphatic rings. The normalized spacial score (nSPS) is 26.0. The lowest BCUT2D eigenvalue weighted by Crippen LogP contribution is -2.43. The van der Waals surface area contributed by atoms with Gasteiger partial charge in [-0.1, -0.05) is 44.4 Å². The van der Waals surface area contributed by atoms with Crippen molar-refractivity contribution in [1.29, 1.82) is 0 Å². The Kier molecular flexibility index (Phi) is 5.40. The van der Waals surface area contributed by atoms with Gasteiger partial charge in [0.25, 0.3) is 0 Å². The van der Waals surface area contributed by atoms with Crippen LogP contribution in [0.3, 0.4) is 0 Å². The van der Waals surface area contributed by atoms with E-state index in [2.05, 4.69) is 19.2 Å². The minimum atomic E-state index is -0.425. The van der Waals surface area contributed by atoms with Gasteiger partial charge in [0.2, 0.25) is 5.91 Å². The first-order valence-electron chi connectivity index (χ1n) is 7.41. The molecule has 0 bridgehead atoms. The van der Waals surface area contributed by atoms with E-state index in [4.69, 9.17) is 11.6 Å². The van der Waals surface area contributed by atoms with E-state index in [0.717, 1.165) is 12.8 Å². The number of carbonyl (C=O) groups excluding carboxylic acids is 1. The SMILES string of the molecule is C[C@@H]1[C@H](C)CCC[C@@H]1NC(=O)/C=C/c1c(F)cccc1Cl. The summed E-state index contributed by atoms with van der Waals surface area (Å²) in [6.07, 6.45) is 6.15. The third-order valence-corrected chi connectivity index (χ3v) is 4.77. The molecule has 2 nitrogen and oxygen atoms in total. The molecule has 3 atom stereocenters. The van der Waals surface area contributed by atoms with E-state index in [1.807, 2.05) is 0 Å². The fraction of sp³-hybridized carbons (Fsp3) is 0.471. The second-order valence-corrected chi connectivity index (χ2v) is 6.26. The molecule has 0 saturated heterocycles. The molecule has 0 aromatic heterocycles. The zero-order valence-corrected chi connectivity index (χ0v) is 13.2.